The van der Waals surface area contributed by atoms with Gasteiger partial charge in [-0.2, -0.15) is 0 Å². The highest BCUT2D eigenvalue weighted by Crippen LogP contribution is 2.20. The summed E-state index contributed by atoms with van der Waals surface area (Å²) < 4.78 is 41.7. The summed E-state index contributed by atoms with van der Waals surface area (Å²) in [5, 5.41) is 2.36. The Morgan fingerprint density at radius 3 is 2.52 bits per heavy atom. The summed E-state index contributed by atoms with van der Waals surface area (Å²) in [4.78, 5) is 24.9. The molecule has 4 nitrogen and oxygen atoms in total. The van der Waals surface area contributed by atoms with Gasteiger partial charge in [0.15, 0.2) is 0 Å². The van der Waals surface area contributed by atoms with Crippen LogP contribution in [0.1, 0.15) is 15.9 Å². The Morgan fingerprint density at radius 1 is 1.04 bits per heavy atom. The number of hydrogen-bond donors (Lipinski definition) is 1. The molecule has 0 radical (unpaired) electrons. The van der Waals surface area contributed by atoms with Crippen molar-refractivity contribution in [2.24, 2.45) is 0 Å². The Labute approximate surface area is 156 Å². The van der Waals surface area contributed by atoms with Gasteiger partial charge in [0.05, 0.1) is 12.2 Å². The minimum atomic E-state index is -0.974. The van der Waals surface area contributed by atoms with E-state index in [0.29, 0.717) is 6.07 Å². The van der Waals surface area contributed by atoms with E-state index in [1.807, 2.05) is 0 Å². The SMILES string of the molecule is O=C(Nc1ccc(F)cc1F)c1cccn(Cc2c(F)cccc2Cl)c1=O. The number of carbonyl (C=O) groups excluding carboxylic acids is 1. The molecular formula is C19H12ClF3N2O2. The minimum absolute atomic E-state index is 0.100. The van der Waals surface area contributed by atoms with Crippen LogP contribution in [-0.2, 0) is 6.54 Å². The maximum Gasteiger partial charge on any atom is 0.263 e. The van der Waals surface area contributed by atoms with Crippen molar-refractivity contribution in [1.82, 2.24) is 4.57 Å². The average molecular weight is 393 g/mol. The fraction of sp³-hybridized carbons (Fsp3) is 0.0526. The number of nitrogens with zero attached hydrogens (tertiary/aromatic N) is 1. The smallest absolute Gasteiger partial charge is 0.263 e. The monoisotopic (exact) mass is 392 g/mol. The Morgan fingerprint density at radius 2 is 1.81 bits per heavy atom. The third-order valence-electron chi connectivity index (χ3n) is 3.83. The molecule has 0 aliphatic rings. The van der Waals surface area contributed by atoms with E-state index in [1.165, 1.54) is 36.5 Å². The third-order valence-corrected chi connectivity index (χ3v) is 4.19. The Hall–Kier alpha value is -3.06. The average Bonchev–Trinajstić information content (AvgIpc) is 2.62. The molecule has 1 N–H and O–H groups in total. The van der Waals surface area contributed by atoms with E-state index >= 15 is 0 Å². The number of halogens is 4. The highest BCUT2D eigenvalue weighted by Gasteiger charge is 2.16. The lowest BCUT2D eigenvalue weighted by atomic mass is 10.2. The summed E-state index contributed by atoms with van der Waals surface area (Å²) in [6.07, 6.45) is 1.38. The maximum absolute atomic E-state index is 13.9. The zero-order valence-corrected chi connectivity index (χ0v) is 14.4. The fourth-order valence-electron chi connectivity index (χ4n) is 2.47. The zero-order valence-electron chi connectivity index (χ0n) is 13.7. The second kappa shape index (κ2) is 7.67. The molecule has 0 unspecified atom stereocenters. The minimum Gasteiger partial charge on any atom is -0.319 e. The van der Waals surface area contributed by atoms with Gasteiger partial charge >= 0.3 is 0 Å². The normalized spacial score (nSPS) is 10.7. The first-order valence-corrected chi connectivity index (χ1v) is 8.13. The number of rotatable bonds is 4. The second-order valence-corrected chi connectivity index (χ2v) is 6.04. The maximum atomic E-state index is 13.9. The molecule has 0 bridgehead atoms. The predicted molar refractivity (Wildman–Crippen MR) is 95.5 cm³/mol. The number of benzene rings is 2. The highest BCUT2D eigenvalue weighted by molar-refractivity contribution is 6.31. The standard InChI is InChI=1S/C19H12ClF3N2O2/c20-14-4-1-5-15(22)13(14)10-25-8-2-3-12(19(25)27)18(26)24-17-7-6-11(21)9-16(17)23/h1-9H,10H2,(H,24,26). The van der Waals surface area contributed by atoms with Crippen molar-refractivity contribution in [1.29, 1.82) is 0 Å². The topological polar surface area (TPSA) is 51.1 Å². The van der Waals surface area contributed by atoms with Gasteiger partial charge in [-0.15, -0.1) is 0 Å². The van der Waals surface area contributed by atoms with Crippen LogP contribution in [-0.4, -0.2) is 10.5 Å². The van der Waals surface area contributed by atoms with Gasteiger partial charge in [0, 0.05) is 22.8 Å². The number of aromatic nitrogens is 1. The fourth-order valence-corrected chi connectivity index (χ4v) is 2.69. The molecule has 1 aromatic heterocycles. The lowest BCUT2D eigenvalue weighted by Crippen LogP contribution is -2.29. The van der Waals surface area contributed by atoms with E-state index in [1.54, 1.807) is 0 Å². The lowest BCUT2D eigenvalue weighted by molar-refractivity contribution is 0.102. The number of nitrogens with one attached hydrogen (secondary N) is 1. The summed E-state index contributed by atoms with van der Waals surface area (Å²) in [6, 6.07) is 9.43. The summed E-state index contributed by atoms with van der Waals surface area (Å²) in [5.41, 5.74) is -1.16. The van der Waals surface area contributed by atoms with E-state index in [2.05, 4.69) is 5.32 Å². The van der Waals surface area contributed by atoms with Crippen LogP contribution in [0.2, 0.25) is 5.02 Å². The molecule has 0 spiro atoms. The Bertz CT molecular complexity index is 1060. The van der Waals surface area contributed by atoms with Crippen LogP contribution >= 0.6 is 11.6 Å². The molecule has 0 saturated carbocycles. The van der Waals surface area contributed by atoms with Crippen molar-refractivity contribution in [2.75, 3.05) is 5.32 Å². The van der Waals surface area contributed by atoms with Crippen molar-refractivity contribution < 1.29 is 18.0 Å². The summed E-state index contributed by atoms with van der Waals surface area (Å²) in [5.74, 6) is -3.23. The van der Waals surface area contributed by atoms with Crippen molar-refractivity contribution in [3.05, 3.63) is 98.7 Å². The van der Waals surface area contributed by atoms with Crippen LogP contribution in [0.15, 0.2) is 59.5 Å². The molecule has 27 heavy (non-hydrogen) atoms. The Kier molecular flexibility index (Phi) is 5.32. The number of carbonyl (C=O) groups is 1. The molecule has 0 aliphatic carbocycles. The molecule has 3 rings (SSSR count). The Balaban J connectivity index is 1.90. The van der Waals surface area contributed by atoms with Crippen LogP contribution in [0.3, 0.4) is 0 Å². The first kappa shape index (κ1) is 18.7. The van der Waals surface area contributed by atoms with Gasteiger partial charge in [0.2, 0.25) is 0 Å². The molecular weight excluding hydrogens is 381 g/mol. The molecule has 0 fully saturated rings. The molecule has 0 saturated heterocycles. The molecule has 0 atom stereocenters. The lowest BCUT2D eigenvalue weighted by Gasteiger charge is -2.11. The van der Waals surface area contributed by atoms with Crippen molar-refractivity contribution in [3.8, 4) is 0 Å². The molecule has 3 aromatic rings. The van der Waals surface area contributed by atoms with Crippen LogP contribution in [0, 0.1) is 17.5 Å². The van der Waals surface area contributed by atoms with E-state index in [-0.39, 0.29) is 28.4 Å². The van der Waals surface area contributed by atoms with Gasteiger partial charge in [-0.3, -0.25) is 9.59 Å². The van der Waals surface area contributed by atoms with Gasteiger partial charge < -0.3 is 9.88 Å². The quantitative estimate of drug-likeness (QED) is 0.722. The molecule has 1 heterocycles. The van der Waals surface area contributed by atoms with E-state index in [0.717, 1.165) is 16.7 Å². The van der Waals surface area contributed by atoms with E-state index in [9.17, 15) is 22.8 Å². The largest absolute Gasteiger partial charge is 0.319 e. The van der Waals surface area contributed by atoms with Gasteiger partial charge in [-0.05, 0) is 36.4 Å². The van der Waals surface area contributed by atoms with Gasteiger partial charge in [0.1, 0.15) is 23.0 Å². The zero-order chi connectivity index (χ0) is 19.6. The summed E-state index contributed by atoms with van der Waals surface area (Å²) in [6.45, 7) is -0.184. The second-order valence-electron chi connectivity index (χ2n) is 5.63. The summed E-state index contributed by atoms with van der Waals surface area (Å²) in [7, 11) is 0. The van der Waals surface area contributed by atoms with Crippen LogP contribution < -0.4 is 10.9 Å². The number of anilines is 1. The molecule has 8 heteroatoms. The molecule has 1 amide bonds. The van der Waals surface area contributed by atoms with Crippen LogP contribution in [0.5, 0.6) is 0 Å². The first-order valence-electron chi connectivity index (χ1n) is 7.75. The van der Waals surface area contributed by atoms with E-state index < -0.39 is 28.9 Å². The first-order chi connectivity index (χ1) is 12.9. The molecule has 0 aliphatic heterocycles. The van der Waals surface area contributed by atoms with Crippen molar-refractivity contribution >= 4 is 23.2 Å². The number of amides is 1. The van der Waals surface area contributed by atoms with E-state index in [4.69, 9.17) is 11.6 Å². The van der Waals surface area contributed by atoms with Crippen LogP contribution in [0.25, 0.3) is 0 Å². The van der Waals surface area contributed by atoms with Gasteiger partial charge in [-0.1, -0.05) is 17.7 Å². The number of hydrogen-bond acceptors (Lipinski definition) is 2. The molecule has 2 aromatic carbocycles. The van der Waals surface area contributed by atoms with Crippen molar-refractivity contribution in [2.45, 2.75) is 6.54 Å². The highest BCUT2D eigenvalue weighted by atomic mass is 35.5. The number of pyridine rings is 1. The third kappa shape index (κ3) is 4.03. The predicted octanol–water partition coefficient (Wildman–Crippen LogP) is 4.22. The van der Waals surface area contributed by atoms with Crippen molar-refractivity contribution in [3.63, 3.8) is 0 Å². The molecule has 138 valence electrons. The van der Waals surface area contributed by atoms with Gasteiger partial charge in [-0.25, -0.2) is 13.2 Å². The van der Waals surface area contributed by atoms with Gasteiger partial charge in [0.25, 0.3) is 11.5 Å². The van der Waals surface area contributed by atoms with Crippen LogP contribution in [0.4, 0.5) is 18.9 Å². The summed E-state index contributed by atoms with van der Waals surface area (Å²) >= 11 is 5.96.